The van der Waals surface area contributed by atoms with E-state index < -0.39 is 9.84 Å². The first-order chi connectivity index (χ1) is 12.8. The van der Waals surface area contributed by atoms with Crippen LogP contribution in [0.5, 0.6) is 0 Å². The third kappa shape index (κ3) is 5.28. The second-order valence-corrected chi connectivity index (χ2v) is 9.08. The van der Waals surface area contributed by atoms with Gasteiger partial charge in [-0.05, 0) is 38.3 Å². The number of carbonyl (C=O) groups excluding carboxylic acids is 2. The van der Waals surface area contributed by atoms with Gasteiger partial charge in [0.2, 0.25) is 0 Å². The number of aromatic nitrogens is 1. The zero-order valence-electron chi connectivity index (χ0n) is 16.3. The molecule has 2 heterocycles. The van der Waals surface area contributed by atoms with Crippen molar-refractivity contribution < 1.29 is 18.0 Å². The van der Waals surface area contributed by atoms with E-state index in [1.165, 1.54) is 0 Å². The summed E-state index contributed by atoms with van der Waals surface area (Å²) in [6.07, 6.45) is 2.15. The number of hydrogen-bond acceptors (Lipinski definition) is 5. The van der Waals surface area contributed by atoms with Crippen molar-refractivity contribution in [2.45, 2.75) is 46.1 Å². The summed E-state index contributed by atoms with van der Waals surface area (Å²) >= 11 is 0. The van der Waals surface area contributed by atoms with Crippen LogP contribution in [0.2, 0.25) is 0 Å². The Morgan fingerprint density at radius 1 is 1.07 bits per heavy atom. The molecule has 0 N–H and O–H groups in total. The molecule has 1 atom stereocenters. The normalized spacial score (nSPS) is 18.3. The number of sulfone groups is 1. The maximum absolute atomic E-state index is 12.9. The number of rotatable bonds is 8. The monoisotopic (exact) mass is 395 g/mol. The molecule has 0 saturated carbocycles. The Morgan fingerprint density at radius 3 is 2.15 bits per heavy atom. The number of amides is 2. The minimum Gasteiger partial charge on any atom is -0.337 e. The van der Waals surface area contributed by atoms with Crippen LogP contribution >= 0.6 is 0 Å². The SMILES string of the molecule is CCCN(CCC)C(=O)c1cccc(C(=O)N(CC)C2CCS(=O)(=O)C2)n1. The molecule has 0 aliphatic carbocycles. The van der Waals surface area contributed by atoms with Gasteiger partial charge in [0.25, 0.3) is 11.8 Å². The first-order valence-electron chi connectivity index (χ1n) is 9.60. The van der Waals surface area contributed by atoms with Crippen LogP contribution in [0.15, 0.2) is 18.2 Å². The lowest BCUT2D eigenvalue weighted by Gasteiger charge is -2.26. The molecule has 2 rings (SSSR count). The summed E-state index contributed by atoms with van der Waals surface area (Å²) in [6, 6.07) is 4.52. The highest BCUT2D eigenvalue weighted by Crippen LogP contribution is 2.19. The Hall–Kier alpha value is -1.96. The van der Waals surface area contributed by atoms with Crippen molar-refractivity contribution in [1.82, 2.24) is 14.8 Å². The molecule has 0 spiro atoms. The van der Waals surface area contributed by atoms with Crippen molar-refractivity contribution in [3.8, 4) is 0 Å². The van der Waals surface area contributed by atoms with Crippen molar-refractivity contribution in [3.05, 3.63) is 29.6 Å². The molecule has 1 saturated heterocycles. The molecule has 1 fully saturated rings. The van der Waals surface area contributed by atoms with Crippen LogP contribution in [0.4, 0.5) is 0 Å². The van der Waals surface area contributed by atoms with E-state index >= 15 is 0 Å². The van der Waals surface area contributed by atoms with E-state index in [1.54, 1.807) is 28.0 Å². The highest BCUT2D eigenvalue weighted by atomic mass is 32.2. The molecular weight excluding hydrogens is 366 g/mol. The third-order valence-corrected chi connectivity index (χ3v) is 6.46. The number of carbonyl (C=O) groups is 2. The van der Waals surface area contributed by atoms with Crippen molar-refractivity contribution in [2.24, 2.45) is 0 Å². The summed E-state index contributed by atoms with van der Waals surface area (Å²) < 4.78 is 23.5. The molecule has 150 valence electrons. The van der Waals surface area contributed by atoms with Crippen LogP contribution in [0.3, 0.4) is 0 Å². The Labute approximate surface area is 161 Å². The average Bonchev–Trinajstić information content (AvgIpc) is 3.01. The Balaban J connectivity index is 2.22. The van der Waals surface area contributed by atoms with Crippen LogP contribution in [0, 0.1) is 0 Å². The smallest absolute Gasteiger partial charge is 0.272 e. The van der Waals surface area contributed by atoms with Crippen molar-refractivity contribution >= 4 is 21.7 Å². The Kier molecular flexibility index (Phi) is 7.35. The minimum atomic E-state index is -3.09. The van der Waals surface area contributed by atoms with Gasteiger partial charge in [-0.15, -0.1) is 0 Å². The summed E-state index contributed by atoms with van der Waals surface area (Å²) in [5.41, 5.74) is 0.429. The fourth-order valence-electron chi connectivity index (χ4n) is 3.43. The first-order valence-corrected chi connectivity index (χ1v) is 11.4. The predicted octanol–water partition coefficient (Wildman–Crippen LogP) is 1.99. The zero-order chi connectivity index (χ0) is 20.0. The number of hydrogen-bond donors (Lipinski definition) is 0. The maximum atomic E-state index is 12.9. The maximum Gasteiger partial charge on any atom is 0.272 e. The van der Waals surface area contributed by atoms with Gasteiger partial charge in [0.05, 0.1) is 11.5 Å². The van der Waals surface area contributed by atoms with E-state index in [-0.39, 0.29) is 40.7 Å². The van der Waals surface area contributed by atoms with Crippen molar-refractivity contribution in [1.29, 1.82) is 0 Å². The zero-order valence-corrected chi connectivity index (χ0v) is 17.2. The van der Waals surface area contributed by atoms with Gasteiger partial charge in [-0.2, -0.15) is 0 Å². The van der Waals surface area contributed by atoms with Crippen LogP contribution < -0.4 is 0 Å². The van der Waals surface area contributed by atoms with E-state index in [2.05, 4.69) is 4.98 Å². The lowest BCUT2D eigenvalue weighted by atomic mass is 10.2. The Bertz CT molecular complexity index is 773. The van der Waals surface area contributed by atoms with Crippen molar-refractivity contribution in [2.75, 3.05) is 31.1 Å². The molecule has 1 aromatic heterocycles. The van der Waals surface area contributed by atoms with Gasteiger partial charge in [0.15, 0.2) is 9.84 Å². The predicted molar refractivity (Wildman–Crippen MR) is 104 cm³/mol. The van der Waals surface area contributed by atoms with Gasteiger partial charge in [-0.3, -0.25) is 9.59 Å². The molecule has 8 heteroatoms. The van der Waals surface area contributed by atoms with Gasteiger partial charge in [0.1, 0.15) is 11.4 Å². The van der Waals surface area contributed by atoms with Gasteiger partial charge in [0, 0.05) is 25.7 Å². The Morgan fingerprint density at radius 2 is 1.67 bits per heavy atom. The highest BCUT2D eigenvalue weighted by molar-refractivity contribution is 7.91. The van der Waals surface area contributed by atoms with Gasteiger partial charge in [-0.25, -0.2) is 13.4 Å². The summed E-state index contributed by atoms with van der Waals surface area (Å²) in [6.45, 7) is 7.54. The van der Waals surface area contributed by atoms with Crippen LogP contribution in [-0.2, 0) is 9.84 Å². The summed E-state index contributed by atoms with van der Waals surface area (Å²) in [4.78, 5) is 33.3. The van der Waals surface area contributed by atoms with Gasteiger partial charge < -0.3 is 9.80 Å². The molecule has 0 radical (unpaired) electrons. The van der Waals surface area contributed by atoms with Crippen molar-refractivity contribution in [3.63, 3.8) is 0 Å². The van der Waals surface area contributed by atoms with Crippen LogP contribution in [0.25, 0.3) is 0 Å². The lowest BCUT2D eigenvalue weighted by Crippen LogP contribution is -2.41. The van der Waals surface area contributed by atoms with Gasteiger partial charge >= 0.3 is 0 Å². The van der Waals surface area contributed by atoms with E-state index in [1.807, 2.05) is 20.8 Å². The minimum absolute atomic E-state index is 0.00796. The lowest BCUT2D eigenvalue weighted by molar-refractivity contribution is 0.0701. The van der Waals surface area contributed by atoms with Crippen LogP contribution in [-0.4, -0.2) is 72.2 Å². The molecule has 1 aromatic rings. The second-order valence-electron chi connectivity index (χ2n) is 6.85. The van der Waals surface area contributed by atoms with E-state index in [0.29, 0.717) is 26.1 Å². The molecule has 1 unspecified atom stereocenters. The van der Waals surface area contributed by atoms with E-state index in [4.69, 9.17) is 0 Å². The average molecular weight is 396 g/mol. The molecule has 1 aliphatic rings. The standard InChI is InChI=1S/C19H29N3O4S/c1-4-11-21(12-5-2)18(23)16-8-7-9-17(20-16)19(24)22(6-3)15-10-13-27(25,26)14-15/h7-9,15H,4-6,10-14H2,1-3H3. The highest BCUT2D eigenvalue weighted by Gasteiger charge is 2.34. The molecular formula is C19H29N3O4S. The quantitative estimate of drug-likeness (QED) is 0.672. The number of pyridine rings is 1. The second kappa shape index (κ2) is 9.30. The topological polar surface area (TPSA) is 87.7 Å². The molecule has 27 heavy (non-hydrogen) atoms. The largest absolute Gasteiger partial charge is 0.337 e. The summed E-state index contributed by atoms with van der Waals surface area (Å²) in [5.74, 6) is -0.408. The van der Waals surface area contributed by atoms with E-state index in [0.717, 1.165) is 12.8 Å². The summed E-state index contributed by atoms with van der Waals surface area (Å²) in [5, 5.41) is 0. The fourth-order valence-corrected chi connectivity index (χ4v) is 5.16. The third-order valence-electron chi connectivity index (χ3n) is 4.71. The number of nitrogens with zero attached hydrogens (tertiary/aromatic N) is 3. The first kappa shape index (κ1) is 21.3. The fraction of sp³-hybridized carbons (Fsp3) is 0.632. The molecule has 1 aliphatic heterocycles. The summed E-state index contributed by atoms with van der Waals surface area (Å²) in [7, 11) is -3.09. The van der Waals surface area contributed by atoms with Crippen LogP contribution in [0.1, 0.15) is 61.0 Å². The van der Waals surface area contributed by atoms with Gasteiger partial charge in [-0.1, -0.05) is 19.9 Å². The molecule has 7 nitrogen and oxygen atoms in total. The molecule has 0 aromatic carbocycles. The molecule has 0 bridgehead atoms. The molecule has 2 amide bonds. The van der Waals surface area contributed by atoms with E-state index in [9.17, 15) is 18.0 Å².